The van der Waals surface area contributed by atoms with Crippen LogP contribution in [0.1, 0.15) is 53.2 Å². The van der Waals surface area contributed by atoms with Crippen LogP contribution in [-0.4, -0.2) is 17.3 Å². The lowest BCUT2D eigenvalue weighted by atomic mass is 9.87. The molecule has 1 N–H and O–H groups in total. The number of hydrogen-bond donors (Lipinski definition) is 1. The minimum absolute atomic E-state index is 0.0346. The maximum Gasteiger partial charge on any atom is 0.291 e. The Morgan fingerprint density at radius 2 is 2.07 bits per heavy atom. The van der Waals surface area contributed by atoms with Crippen LogP contribution in [0, 0.1) is 12.7 Å². The van der Waals surface area contributed by atoms with E-state index >= 15 is 0 Å². The van der Waals surface area contributed by atoms with E-state index < -0.39 is 17.3 Å². The van der Waals surface area contributed by atoms with E-state index in [9.17, 15) is 14.0 Å². The van der Waals surface area contributed by atoms with E-state index in [2.05, 4.69) is 21.2 Å². The summed E-state index contributed by atoms with van der Waals surface area (Å²) in [6.45, 7) is 5.59. The molecule has 0 unspecified atom stereocenters. The molecule has 0 aliphatic carbocycles. The van der Waals surface area contributed by atoms with Crippen molar-refractivity contribution in [2.24, 2.45) is 0 Å². The summed E-state index contributed by atoms with van der Waals surface area (Å²) in [6.07, 6.45) is 0.957. The second-order valence-corrected chi connectivity index (χ2v) is 8.37. The third-order valence-electron chi connectivity index (χ3n) is 5.36. The van der Waals surface area contributed by atoms with Crippen molar-refractivity contribution in [3.63, 3.8) is 0 Å². The van der Waals surface area contributed by atoms with E-state index in [-0.39, 0.29) is 23.7 Å². The number of benzene rings is 2. The lowest BCUT2D eigenvalue weighted by Crippen LogP contribution is -2.38. The molecule has 1 aliphatic heterocycles. The zero-order chi connectivity index (χ0) is 20.9. The molecule has 150 valence electrons. The lowest BCUT2D eigenvalue weighted by molar-refractivity contribution is 0.0503. The van der Waals surface area contributed by atoms with Crippen LogP contribution in [0.15, 0.2) is 39.2 Å². The molecule has 4 rings (SSSR count). The Balaban J connectivity index is 1.76. The van der Waals surface area contributed by atoms with Crippen molar-refractivity contribution in [3.8, 4) is 5.75 Å². The molecule has 0 fully saturated rings. The molecule has 1 aliphatic rings. The predicted molar refractivity (Wildman–Crippen MR) is 111 cm³/mol. The fourth-order valence-electron chi connectivity index (χ4n) is 3.60. The Bertz CT molecular complexity index is 1170. The number of rotatable bonds is 3. The van der Waals surface area contributed by atoms with Crippen molar-refractivity contribution in [1.82, 2.24) is 0 Å². The predicted octanol–water partition coefficient (Wildman–Crippen LogP) is 6.03. The first-order chi connectivity index (χ1) is 13.7. The van der Waals surface area contributed by atoms with Crippen LogP contribution in [0.25, 0.3) is 11.0 Å². The summed E-state index contributed by atoms with van der Waals surface area (Å²) in [7, 11) is 0. The van der Waals surface area contributed by atoms with Gasteiger partial charge in [-0.15, -0.1) is 0 Å². The normalized spacial score (nSPS) is 18.4. The molecule has 2 heterocycles. The van der Waals surface area contributed by atoms with Crippen molar-refractivity contribution in [1.29, 1.82) is 0 Å². The molecule has 7 heteroatoms. The Labute approximate surface area is 175 Å². The van der Waals surface area contributed by atoms with E-state index in [1.165, 1.54) is 12.1 Å². The van der Waals surface area contributed by atoms with E-state index in [1.54, 1.807) is 25.1 Å². The number of ketones is 1. The molecule has 0 bridgehead atoms. The Morgan fingerprint density at radius 3 is 2.76 bits per heavy atom. The van der Waals surface area contributed by atoms with Gasteiger partial charge in [-0.25, -0.2) is 4.39 Å². The quantitative estimate of drug-likeness (QED) is 0.519. The molecule has 1 aromatic heterocycles. The number of Topliss-reactive ketones (excluding diaryl/α,β-unsaturated/α-hetero) is 1. The summed E-state index contributed by atoms with van der Waals surface area (Å²) in [5, 5.41) is 3.09. The lowest BCUT2D eigenvalue weighted by Gasteiger charge is -2.34. The molecular formula is C22H19BrFNO4. The average Bonchev–Trinajstić information content (AvgIpc) is 3.00. The number of aryl methyl sites for hydroxylation is 1. The van der Waals surface area contributed by atoms with Gasteiger partial charge in [0.1, 0.15) is 22.8 Å². The van der Waals surface area contributed by atoms with Crippen LogP contribution in [-0.2, 0) is 0 Å². The van der Waals surface area contributed by atoms with Gasteiger partial charge in [-0.3, -0.25) is 9.59 Å². The van der Waals surface area contributed by atoms with Gasteiger partial charge in [0, 0.05) is 15.4 Å². The first kappa shape index (κ1) is 19.6. The average molecular weight is 460 g/mol. The highest BCUT2D eigenvalue weighted by Gasteiger charge is 2.37. The van der Waals surface area contributed by atoms with Crippen molar-refractivity contribution in [3.05, 3.63) is 57.5 Å². The van der Waals surface area contributed by atoms with Crippen LogP contribution in [0.4, 0.5) is 10.1 Å². The zero-order valence-corrected chi connectivity index (χ0v) is 17.8. The third kappa shape index (κ3) is 3.33. The molecule has 5 nitrogen and oxygen atoms in total. The third-order valence-corrected chi connectivity index (χ3v) is 5.85. The number of halogens is 2. The summed E-state index contributed by atoms with van der Waals surface area (Å²) < 4.78 is 26.5. The first-order valence-corrected chi connectivity index (χ1v) is 10.1. The molecule has 3 aromatic rings. The van der Waals surface area contributed by atoms with Crippen molar-refractivity contribution in [2.75, 3.05) is 5.32 Å². The van der Waals surface area contributed by atoms with Gasteiger partial charge >= 0.3 is 0 Å². The highest BCUT2D eigenvalue weighted by molar-refractivity contribution is 9.10. The van der Waals surface area contributed by atoms with E-state index in [0.29, 0.717) is 38.7 Å². The Kier molecular flexibility index (Phi) is 4.73. The van der Waals surface area contributed by atoms with Crippen LogP contribution < -0.4 is 10.1 Å². The van der Waals surface area contributed by atoms with Crippen LogP contribution in [0.2, 0.25) is 0 Å². The van der Waals surface area contributed by atoms with E-state index in [0.717, 1.165) is 0 Å². The maximum atomic E-state index is 14.1. The number of nitrogens with one attached hydrogen (secondary N) is 1. The second-order valence-electron chi connectivity index (χ2n) is 7.45. The largest absolute Gasteiger partial charge is 0.486 e. The summed E-state index contributed by atoms with van der Waals surface area (Å²) in [5.41, 5.74) is 0.861. The molecule has 0 radical (unpaired) electrons. The molecule has 2 aromatic carbocycles. The number of fused-ring (bicyclic) bond motifs is 3. The van der Waals surface area contributed by atoms with E-state index in [1.807, 2.05) is 13.8 Å². The summed E-state index contributed by atoms with van der Waals surface area (Å²) in [6, 6.07) is 7.73. The van der Waals surface area contributed by atoms with Gasteiger partial charge in [0.05, 0.1) is 17.7 Å². The summed E-state index contributed by atoms with van der Waals surface area (Å²) >= 11 is 3.18. The second kappa shape index (κ2) is 6.99. The van der Waals surface area contributed by atoms with Crippen molar-refractivity contribution >= 4 is 44.3 Å². The molecule has 0 spiro atoms. The maximum absolute atomic E-state index is 14.1. The Hall–Kier alpha value is -2.67. The SMILES string of the molecule is CC[C@]1(C)CC(=O)c2c(ccc3oc(C(=O)Nc4ccc(Br)cc4F)c(C)c23)O1. The first-order valence-electron chi connectivity index (χ1n) is 9.27. The minimum atomic E-state index is -0.587. The molecule has 1 amide bonds. The van der Waals surface area contributed by atoms with Crippen molar-refractivity contribution < 1.29 is 23.1 Å². The van der Waals surface area contributed by atoms with Gasteiger partial charge in [-0.1, -0.05) is 22.9 Å². The molecular weight excluding hydrogens is 441 g/mol. The Morgan fingerprint density at radius 1 is 1.31 bits per heavy atom. The molecule has 0 saturated heterocycles. The van der Waals surface area contributed by atoms with Crippen LogP contribution in [0.5, 0.6) is 5.75 Å². The highest BCUT2D eigenvalue weighted by atomic mass is 79.9. The number of furan rings is 1. The van der Waals surface area contributed by atoms with Crippen LogP contribution >= 0.6 is 15.9 Å². The monoisotopic (exact) mass is 459 g/mol. The van der Waals surface area contributed by atoms with Crippen molar-refractivity contribution in [2.45, 2.75) is 39.2 Å². The van der Waals surface area contributed by atoms with Gasteiger partial charge in [-0.2, -0.15) is 0 Å². The number of amides is 1. The number of anilines is 1. The van der Waals surface area contributed by atoms with Gasteiger partial charge in [0.25, 0.3) is 5.91 Å². The number of carbonyl (C=O) groups excluding carboxylic acids is 2. The fourth-order valence-corrected chi connectivity index (χ4v) is 3.93. The standard InChI is InChI=1S/C22H19BrFNO4/c1-4-22(3)10-15(26)19-17(29-22)8-7-16-18(19)11(2)20(28-16)21(27)25-14-6-5-12(23)9-13(14)24/h5-9H,4,10H2,1-3H3,(H,25,27)/t22-/m1/s1. The molecule has 1 atom stereocenters. The number of hydrogen-bond acceptors (Lipinski definition) is 4. The number of ether oxygens (including phenoxy) is 1. The van der Waals surface area contributed by atoms with E-state index in [4.69, 9.17) is 9.15 Å². The zero-order valence-electron chi connectivity index (χ0n) is 16.2. The fraction of sp³-hybridized carbons (Fsp3) is 0.273. The van der Waals surface area contributed by atoms with Gasteiger partial charge < -0.3 is 14.5 Å². The topological polar surface area (TPSA) is 68.5 Å². The molecule has 0 saturated carbocycles. The van der Waals surface area contributed by atoms with Crippen LogP contribution in [0.3, 0.4) is 0 Å². The smallest absolute Gasteiger partial charge is 0.291 e. The summed E-state index contributed by atoms with van der Waals surface area (Å²) in [4.78, 5) is 25.6. The van der Waals surface area contributed by atoms with Gasteiger partial charge in [0.15, 0.2) is 11.5 Å². The minimum Gasteiger partial charge on any atom is -0.486 e. The number of carbonyl (C=O) groups is 2. The highest BCUT2D eigenvalue weighted by Crippen LogP contribution is 2.41. The summed E-state index contributed by atoms with van der Waals surface area (Å²) in [5.74, 6) is -0.672. The van der Waals surface area contributed by atoms with Gasteiger partial charge in [-0.05, 0) is 50.6 Å². The molecule has 29 heavy (non-hydrogen) atoms. The van der Waals surface area contributed by atoms with Gasteiger partial charge in [0.2, 0.25) is 0 Å².